The molecule has 0 heterocycles. The Morgan fingerprint density at radius 1 is 0.885 bits per heavy atom. The number of rotatable bonds is 3. The minimum atomic E-state index is -4.41. The number of hydrogen-bond acceptors (Lipinski definition) is 3. The molecule has 4 nitrogen and oxygen atoms in total. The van der Waals surface area contributed by atoms with E-state index in [2.05, 4.69) is 0 Å². The zero-order valence-electron chi connectivity index (χ0n) is 14.4. The minimum absolute atomic E-state index is 0.128. The fourth-order valence-electron chi connectivity index (χ4n) is 3.07. The molecular weight excluding hydrogens is 348 g/mol. The van der Waals surface area contributed by atoms with Gasteiger partial charge in [-0.25, -0.2) is 0 Å². The largest absolute Gasteiger partial charge is 0.295 e. The molecule has 132 valence electrons. The highest BCUT2D eigenvalue weighted by Gasteiger charge is 2.21. The fraction of sp³-hybridized carbons (Fsp3) is 0.0952. The van der Waals surface area contributed by atoms with Crippen LogP contribution in [0, 0.1) is 13.8 Å². The first-order valence-corrected chi connectivity index (χ1v) is 9.50. The van der Waals surface area contributed by atoms with E-state index in [1.165, 1.54) is 18.2 Å². The topological polar surface area (TPSA) is 71.4 Å². The lowest BCUT2D eigenvalue weighted by Crippen LogP contribution is -2.06. The smallest absolute Gasteiger partial charge is 0.290 e. The Bertz CT molecular complexity index is 1070. The maximum Gasteiger partial charge on any atom is 0.295 e. The van der Waals surface area contributed by atoms with Crippen molar-refractivity contribution in [2.45, 2.75) is 18.7 Å². The molecule has 0 atom stereocenters. The van der Waals surface area contributed by atoms with Gasteiger partial charge in [0.2, 0.25) is 0 Å². The quantitative estimate of drug-likeness (QED) is 0.832. The van der Waals surface area contributed by atoms with E-state index < -0.39 is 10.1 Å². The second-order valence-electron chi connectivity index (χ2n) is 6.19. The third-order valence-electron chi connectivity index (χ3n) is 4.23. The third-order valence-corrected chi connectivity index (χ3v) is 5.14. The van der Waals surface area contributed by atoms with Crippen molar-refractivity contribution in [3.8, 4) is 0 Å². The van der Waals surface area contributed by atoms with Gasteiger partial charge >= 0.3 is 0 Å². The van der Waals surface area contributed by atoms with Crippen LogP contribution >= 0.6 is 0 Å². The molecule has 26 heavy (non-hydrogen) atoms. The number of ketones is 1. The number of carbonyl (C=O) groups excluding carboxylic acids is 1. The van der Waals surface area contributed by atoms with Crippen LogP contribution < -0.4 is 0 Å². The van der Waals surface area contributed by atoms with Gasteiger partial charge in [0.1, 0.15) is 4.90 Å². The molecule has 0 saturated carbocycles. The van der Waals surface area contributed by atoms with Crippen LogP contribution in [-0.4, -0.2) is 18.8 Å². The molecule has 0 radical (unpaired) electrons. The highest BCUT2D eigenvalue weighted by Crippen LogP contribution is 2.35. The molecule has 0 amide bonds. The number of carbonyl (C=O) groups is 1. The van der Waals surface area contributed by atoms with Gasteiger partial charge in [-0.2, -0.15) is 8.42 Å². The fourth-order valence-corrected chi connectivity index (χ4v) is 3.77. The van der Waals surface area contributed by atoms with Crippen LogP contribution in [0.1, 0.15) is 22.3 Å². The summed E-state index contributed by atoms with van der Waals surface area (Å²) in [6.07, 6.45) is 6.21. The summed E-state index contributed by atoms with van der Waals surface area (Å²) >= 11 is 0. The van der Waals surface area contributed by atoms with E-state index in [1.807, 2.05) is 32.0 Å². The van der Waals surface area contributed by atoms with E-state index in [0.29, 0.717) is 16.7 Å². The Morgan fingerprint density at radius 2 is 1.54 bits per heavy atom. The molecule has 0 bridgehead atoms. The first-order valence-electron chi connectivity index (χ1n) is 8.06. The van der Waals surface area contributed by atoms with Crippen molar-refractivity contribution >= 4 is 21.5 Å². The molecule has 0 saturated heterocycles. The monoisotopic (exact) mass is 366 g/mol. The summed E-state index contributed by atoms with van der Waals surface area (Å²) < 4.78 is 33.5. The third kappa shape index (κ3) is 3.59. The molecule has 5 heteroatoms. The summed E-state index contributed by atoms with van der Waals surface area (Å²) in [6, 6.07) is 12.2. The SMILES string of the molecule is Cc1ccc(C(=C2C=CC(=O)C=C2)c2ccccc2S(=O)(=O)O)c(C)c1. The van der Waals surface area contributed by atoms with E-state index in [1.54, 1.807) is 30.4 Å². The zero-order valence-corrected chi connectivity index (χ0v) is 15.2. The van der Waals surface area contributed by atoms with Crippen molar-refractivity contribution in [1.82, 2.24) is 0 Å². The van der Waals surface area contributed by atoms with Crippen molar-refractivity contribution in [3.63, 3.8) is 0 Å². The first kappa shape index (κ1) is 18.0. The van der Waals surface area contributed by atoms with Gasteiger partial charge in [-0.1, -0.05) is 54.1 Å². The van der Waals surface area contributed by atoms with Gasteiger partial charge in [-0.3, -0.25) is 9.35 Å². The number of hydrogen-bond donors (Lipinski definition) is 1. The molecule has 0 spiro atoms. The van der Waals surface area contributed by atoms with Crippen molar-refractivity contribution in [2.24, 2.45) is 0 Å². The van der Waals surface area contributed by atoms with Crippen molar-refractivity contribution in [2.75, 3.05) is 0 Å². The first-order chi connectivity index (χ1) is 12.3. The molecule has 2 aromatic rings. The van der Waals surface area contributed by atoms with Crippen LogP contribution in [0.4, 0.5) is 0 Å². The Hall–Kier alpha value is -2.76. The maximum absolute atomic E-state index is 11.9. The van der Waals surface area contributed by atoms with Crippen LogP contribution in [0.15, 0.2) is 77.2 Å². The van der Waals surface area contributed by atoms with Crippen molar-refractivity contribution in [3.05, 3.63) is 94.6 Å². The summed E-state index contributed by atoms with van der Waals surface area (Å²) in [5.41, 5.74) is 4.63. The molecule has 1 aliphatic carbocycles. The van der Waals surface area contributed by atoms with E-state index in [-0.39, 0.29) is 10.7 Å². The molecular formula is C21H18O4S. The lowest BCUT2D eigenvalue weighted by Gasteiger charge is -2.18. The van der Waals surface area contributed by atoms with E-state index in [0.717, 1.165) is 16.7 Å². The minimum Gasteiger partial charge on any atom is -0.290 e. The average Bonchev–Trinajstić information content (AvgIpc) is 2.58. The summed E-state index contributed by atoms with van der Waals surface area (Å²) in [4.78, 5) is 11.3. The van der Waals surface area contributed by atoms with Gasteiger partial charge in [-0.05, 0) is 54.3 Å². The molecule has 0 unspecified atom stereocenters. The number of benzene rings is 2. The Morgan fingerprint density at radius 3 is 2.15 bits per heavy atom. The molecule has 0 fully saturated rings. The van der Waals surface area contributed by atoms with Crippen molar-refractivity contribution < 1.29 is 17.8 Å². The lowest BCUT2D eigenvalue weighted by molar-refractivity contribution is -0.110. The highest BCUT2D eigenvalue weighted by molar-refractivity contribution is 7.86. The van der Waals surface area contributed by atoms with Gasteiger partial charge < -0.3 is 0 Å². The standard InChI is InChI=1S/C21H18O4S/c1-14-7-12-18(15(2)13-14)21(16-8-10-17(22)11-9-16)19-5-3-4-6-20(19)26(23,24)25/h3-13H,1-2H3,(H,23,24,25). The van der Waals surface area contributed by atoms with Gasteiger partial charge in [0, 0.05) is 5.56 Å². The number of allylic oxidation sites excluding steroid dienone is 5. The second-order valence-corrected chi connectivity index (χ2v) is 7.58. The van der Waals surface area contributed by atoms with E-state index >= 15 is 0 Å². The van der Waals surface area contributed by atoms with Gasteiger partial charge in [-0.15, -0.1) is 0 Å². The normalized spacial score (nSPS) is 14.0. The van der Waals surface area contributed by atoms with Gasteiger partial charge in [0.05, 0.1) is 0 Å². The molecule has 0 aliphatic heterocycles. The van der Waals surface area contributed by atoms with Crippen LogP contribution in [0.5, 0.6) is 0 Å². The predicted molar refractivity (Wildman–Crippen MR) is 101 cm³/mol. The van der Waals surface area contributed by atoms with Crippen LogP contribution in [0.2, 0.25) is 0 Å². The summed E-state index contributed by atoms with van der Waals surface area (Å²) in [7, 11) is -4.41. The van der Waals surface area contributed by atoms with Gasteiger partial charge in [0.25, 0.3) is 10.1 Å². The Balaban J connectivity index is 2.38. The van der Waals surface area contributed by atoms with Crippen LogP contribution in [0.3, 0.4) is 0 Å². The molecule has 3 rings (SSSR count). The second kappa shape index (κ2) is 6.86. The lowest BCUT2D eigenvalue weighted by atomic mass is 9.88. The summed E-state index contributed by atoms with van der Waals surface area (Å²) in [6.45, 7) is 3.93. The van der Waals surface area contributed by atoms with Crippen LogP contribution in [-0.2, 0) is 14.9 Å². The Kier molecular flexibility index (Phi) is 4.76. The highest BCUT2D eigenvalue weighted by atomic mass is 32.2. The summed E-state index contributed by atoms with van der Waals surface area (Å²) in [5, 5.41) is 0. The molecule has 1 aliphatic rings. The van der Waals surface area contributed by atoms with Gasteiger partial charge in [0.15, 0.2) is 5.78 Å². The molecule has 0 aromatic heterocycles. The maximum atomic E-state index is 11.9. The zero-order chi connectivity index (χ0) is 18.9. The Labute approximate surface area is 152 Å². The number of aryl methyl sites for hydroxylation is 2. The predicted octanol–water partition coefficient (Wildman–Crippen LogP) is 4.05. The molecule has 1 N–H and O–H groups in total. The average molecular weight is 366 g/mol. The molecule has 2 aromatic carbocycles. The van der Waals surface area contributed by atoms with Crippen LogP contribution in [0.25, 0.3) is 5.57 Å². The summed E-state index contributed by atoms with van der Waals surface area (Å²) in [5.74, 6) is -0.128. The van der Waals surface area contributed by atoms with E-state index in [4.69, 9.17) is 0 Å². The van der Waals surface area contributed by atoms with E-state index in [9.17, 15) is 17.8 Å². The van der Waals surface area contributed by atoms with Crippen molar-refractivity contribution in [1.29, 1.82) is 0 Å².